The number of piperazine rings is 1. The number of hydrogen-bond donors (Lipinski definition) is 1. The monoisotopic (exact) mass is 393 g/mol. The predicted octanol–water partition coefficient (Wildman–Crippen LogP) is 3.47. The Bertz CT molecular complexity index is 818. The van der Waals surface area contributed by atoms with E-state index >= 15 is 0 Å². The highest BCUT2D eigenvalue weighted by molar-refractivity contribution is 5.93. The number of hydrogen-bond acceptors (Lipinski definition) is 4. The zero-order valence-electron chi connectivity index (χ0n) is 15.5. The van der Waals surface area contributed by atoms with Crippen LogP contribution in [0, 0.1) is 0 Å². The summed E-state index contributed by atoms with van der Waals surface area (Å²) in [5.74, 6) is 0.433. The van der Waals surface area contributed by atoms with Gasteiger partial charge in [-0.3, -0.25) is 9.69 Å². The molecular weight excluding hydrogens is 371 g/mol. The van der Waals surface area contributed by atoms with Gasteiger partial charge in [0.15, 0.2) is 0 Å². The second-order valence-electron chi connectivity index (χ2n) is 6.56. The Labute approximate surface area is 161 Å². The maximum atomic E-state index is 12.9. The topological polar surface area (TPSA) is 44.8 Å². The molecule has 8 heteroatoms. The SMILES string of the molecule is COc1ccccc1NC(=O)CN1CCN(c2cccc(C(F)(F)F)c2)CC1. The summed E-state index contributed by atoms with van der Waals surface area (Å²) in [6.45, 7) is 2.52. The molecule has 0 radical (unpaired) electrons. The summed E-state index contributed by atoms with van der Waals surface area (Å²) in [6.07, 6.45) is -4.35. The maximum absolute atomic E-state index is 12.9. The molecule has 1 N–H and O–H groups in total. The lowest BCUT2D eigenvalue weighted by Gasteiger charge is -2.36. The third kappa shape index (κ3) is 4.95. The van der Waals surface area contributed by atoms with Crippen LogP contribution in [0.5, 0.6) is 5.75 Å². The first kappa shape index (κ1) is 20.0. The van der Waals surface area contributed by atoms with Crippen LogP contribution in [-0.2, 0) is 11.0 Å². The molecule has 3 rings (SSSR count). The molecule has 0 atom stereocenters. The number of benzene rings is 2. The summed E-state index contributed by atoms with van der Waals surface area (Å²) < 4.78 is 43.9. The number of methoxy groups -OCH3 is 1. The molecule has 0 aliphatic carbocycles. The smallest absolute Gasteiger partial charge is 0.416 e. The van der Waals surface area contributed by atoms with E-state index in [4.69, 9.17) is 4.74 Å². The predicted molar refractivity (Wildman–Crippen MR) is 102 cm³/mol. The molecule has 5 nitrogen and oxygen atoms in total. The van der Waals surface area contributed by atoms with E-state index in [9.17, 15) is 18.0 Å². The Balaban J connectivity index is 1.54. The average molecular weight is 393 g/mol. The molecule has 2 aromatic rings. The van der Waals surface area contributed by atoms with Gasteiger partial charge < -0.3 is 15.0 Å². The first-order valence-electron chi connectivity index (χ1n) is 8.94. The highest BCUT2D eigenvalue weighted by Crippen LogP contribution is 2.32. The van der Waals surface area contributed by atoms with Crippen molar-refractivity contribution in [2.45, 2.75) is 6.18 Å². The highest BCUT2D eigenvalue weighted by atomic mass is 19.4. The summed E-state index contributed by atoms with van der Waals surface area (Å²) >= 11 is 0. The second kappa shape index (κ2) is 8.52. The molecule has 0 aromatic heterocycles. The molecule has 1 saturated heterocycles. The molecule has 1 aliphatic rings. The number of halogens is 3. The largest absolute Gasteiger partial charge is 0.495 e. The molecule has 0 spiro atoms. The van der Waals surface area contributed by atoms with E-state index in [1.54, 1.807) is 18.2 Å². The summed E-state index contributed by atoms with van der Waals surface area (Å²) in [5.41, 5.74) is 0.508. The fourth-order valence-electron chi connectivity index (χ4n) is 3.18. The van der Waals surface area contributed by atoms with Gasteiger partial charge in [-0.25, -0.2) is 0 Å². The minimum absolute atomic E-state index is 0.156. The van der Waals surface area contributed by atoms with Gasteiger partial charge in [-0.15, -0.1) is 0 Å². The van der Waals surface area contributed by atoms with Crippen LogP contribution in [0.1, 0.15) is 5.56 Å². The third-order valence-corrected chi connectivity index (χ3v) is 4.66. The van der Waals surface area contributed by atoms with Crippen molar-refractivity contribution in [3.63, 3.8) is 0 Å². The number of para-hydroxylation sites is 2. The summed E-state index contributed by atoms with van der Waals surface area (Å²) in [4.78, 5) is 16.2. The molecule has 0 unspecified atom stereocenters. The van der Waals surface area contributed by atoms with E-state index in [2.05, 4.69) is 5.32 Å². The minimum atomic E-state index is -4.35. The molecule has 0 saturated carbocycles. The van der Waals surface area contributed by atoms with Crippen molar-refractivity contribution in [3.8, 4) is 5.75 Å². The number of rotatable bonds is 5. The second-order valence-corrected chi connectivity index (χ2v) is 6.56. The number of nitrogens with one attached hydrogen (secondary N) is 1. The Kier molecular flexibility index (Phi) is 6.08. The third-order valence-electron chi connectivity index (χ3n) is 4.66. The molecule has 1 heterocycles. The normalized spacial score (nSPS) is 15.4. The fraction of sp³-hybridized carbons (Fsp3) is 0.350. The van der Waals surface area contributed by atoms with Crippen LogP contribution in [0.2, 0.25) is 0 Å². The van der Waals surface area contributed by atoms with Gasteiger partial charge in [0.2, 0.25) is 5.91 Å². The molecule has 1 amide bonds. The maximum Gasteiger partial charge on any atom is 0.416 e. The van der Waals surface area contributed by atoms with Gasteiger partial charge in [0, 0.05) is 31.9 Å². The van der Waals surface area contributed by atoms with Gasteiger partial charge in [-0.1, -0.05) is 18.2 Å². The molecule has 1 aliphatic heterocycles. The zero-order chi connectivity index (χ0) is 20.1. The van der Waals surface area contributed by atoms with Crippen LogP contribution >= 0.6 is 0 Å². The summed E-state index contributed by atoms with van der Waals surface area (Å²) in [6, 6.07) is 12.5. The van der Waals surface area contributed by atoms with Crippen molar-refractivity contribution in [2.75, 3.05) is 50.1 Å². The van der Waals surface area contributed by atoms with Crippen LogP contribution in [0.3, 0.4) is 0 Å². The molecule has 1 fully saturated rings. The number of alkyl halides is 3. The average Bonchev–Trinajstić information content (AvgIpc) is 2.68. The standard InChI is InChI=1S/C20H22F3N3O2/c1-28-18-8-3-2-7-17(18)24-19(27)14-25-9-11-26(12-10-25)16-6-4-5-15(13-16)20(21,22)23/h2-8,13H,9-12,14H2,1H3,(H,24,27). The Hall–Kier alpha value is -2.74. The number of ether oxygens (including phenoxy) is 1. The van der Waals surface area contributed by atoms with Gasteiger partial charge in [-0.05, 0) is 30.3 Å². The lowest BCUT2D eigenvalue weighted by molar-refractivity contribution is -0.137. The van der Waals surface area contributed by atoms with Crippen molar-refractivity contribution < 1.29 is 22.7 Å². The summed E-state index contributed by atoms with van der Waals surface area (Å²) in [5, 5.41) is 2.83. The van der Waals surface area contributed by atoms with Crippen LogP contribution in [0.4, 0.5) is 24.5 Å². The van der Waals surface area contributed by atoms with E-state index in [1.165, 1.54) is 19.2 Å². The molecule has 2 aromatic carbocycles. The van der Waals surface area contributed by atoms with Gasteiger partial charge in [0.25, 0.3) is 0 Å². The first-order chi connectivity index (χ1) is 13.4. The van der Waals surface area contributed by atoms with Crippen LogP contribution in [-0.4, -0.2) is 50.6 Å². The number of amides is 1. The van der Waals surface area contributed by atoms with Crippen molar-refractivity contribution in [2.24, 2.45) is 0 Å². The lowest BCUT2D eigenvalue weighted by atomic mass is 10.1. The Morgan fingerprint density at radius 3 is 2.46 bits per heavy atom. The van der Waals surface area contributed by atoms with Gasteiger partial charge in [-0.2, -0.15) is 13.2 Å². The summed E-state index contributed by atoms with van der Waals surface area (Å²) in [7, 11) is 1.54. The first-order valence-corrected chi connectivity index (χ1v) is 8.94. The molecular formula is C20H22F3N3O2. The van der Waals surface area contributed by atoms with E-state index in [1.807, 2.05) is 21.9 Å². The molecule has 150 valence electrons. The Morgan fingerprint density at radius 1 is 1.07 bits per heavy atom. The van der Waals surface area contributed by atoms with E-state index < -0.39 is 11.7 Å². The van der Waals surface area contributed by atoms with Crippen LogP contribution < -0.4 is 15.0 Å². The quantitative estimate of drug-likeness (QED) is 0.845. The van der Waals surface area contributed by atoms with E-state index in [0.717, 1.165) is 6.07 Å². The van der Waals surface area contributed by atoms with Crippen molar-refractivity contribution in [3.05, 3.63) is 54.1 Å². The highest BCUT2D eigenvalue weighted by Gasteiger charge is 2.31. The number of anilines is 2. The number of carbonyl (C=O) groups excluding carboxylic acids is 1. The Morgan fingerprint density at radius 2 is 1.79 bits per heavy atom. The fourth-order valence-corrected chi connectivity index (χ4v) is 3.18. The number of carbonyl (C=O) groups is 1. The van der Waals surface area contributed by atoms with Crippen molar-refractivity contribution in [1.82, 2.24) is 4.90 Å². The van der Waals surface area contributed by atoms with Gasteiger partial charge in [0.05, 0.1) is 24.9 Å². The van der Waals surface area contributed by atoms with Crippen LogP contribution in [0.25, 0.3) is 0 Å². The van der Waals surface area contributed by atoms with E-state index in [0.29, 0.717) is 43.3 Å². The van der Waals surface area contributed by atoms with E-state index in [-0.39, 0.29) is 12.5 Å². The molecule has 0 bridgehead atoms. The minimum Gasteiger partial charge on any atom is -0.495 e. The number of nitrogens with zero attached hydrogens (tertiary/aromatic N) is 2. The zero-order valence-corrected chi connectivity index (χ0v) is 15.5. The molecule has 28 heavy (non-hydrogen) atoms. The van der Waals surface area contributed by atoms with Crippen molar-refractivity contribution >= 4 is 17.3 Å². The van der Waals surface area contributed by atoms with Gasteiger partial charge in [0.1, 0.15) is 5.75 Å². The van der Waals surface area contributed by atoms with Crippen molar-refractivity contribution in [1.29, 1.82) is 0 Å². The van der Waals surface area contributed by atoms with Crippen LogP contribution in [0.15, 0.2) is 48.5 Å². The van der Waals surface area contributed by atoms with Gasteiger partial charge >= 0.3 is 6.18 Å². The lowest BCUT2D eigenvalue weighted by Crippen LogP contribution is -2.48.